The highest BCUT2D eigenvalue weighted by Gasteiger charge is 2.36. The first kappa shape index (κ1) is 41.5. The van der Waals surface area contributed by atoms with E-state index in [1.165, 1.54) is 116 Å². The smallest absolute Gasteiger partial charge is 0.0547 e. The third kappa shape index (κ3) is 6.44. The topological polar surface area (TPSA) is 9.86 Å². The zero-order chi connectivity index (χ0) is 46.6. The molecule has 14 rings (SSSR count). The number of fused-ring (bicyclic) bond motifs is 12. The summed E-state index contributed by atoms with van der Waals surface area (Å²) in [6.45, 7) is 9.31. The van der Waals surface area contributed by atoms with Gasteiger partial charge in [-0.25, -0.2) is 0 Å². The Kier molecular flexibility index (Phi) is 9.42. The van der Waals surface area contributed by atoms with E-state index < -0.39 is 0 Å². The quantitative estimate of drug-likeness (QED) is 0.166. The minimum atomic E-state index is -0.0651. The number of para-hydroxylation sites is 2. The molecule has 0 spiro atoms. The molecule has 330 valence electrons. The van der Waals surface area contributed by atoms with Crippen molar-refractivity contribution >= 4 is 59.5 Å². The lowest BCUT2D eigenvalue weighted by Crippen LogP contribution is -2.15. The van der Waals surface area contributed by atoms with E-state index in [0.29, 0.717) is 0 Å². The molecular formula is C66H49BrN2. The van der Waals surface area contributed by atoms with Crippen molar-refractivity contribution in [3.8, 4) is 55.9 Å². The zero-order valence-electron chi connectivity index (χ0n) is 39.1. The van der Waals surface area contributed by atoms with Gasteiger partial charge in [-0.2, -0.15) is 0 Å². The van der Waals surface area contributed by atoms with Crippen LogP contribution in [0.3, 0.4) is 0 Å². The summed E-state index contributed by atoms with van der Waals surface area (Å²) in [5.41, 5.74) is 23.3. The van der Waals surface area contributed by atoms with Crippen molar-refractivity contribution in [3.05, 3.63) is 251 Å². The van der Waals surface area contributed by atoms with Gasteiger partial charge in [0.05, 0.1) is 22.1 Å². The highest BCUT2D eigenvalue weighted by Crippen LogP contribution is 2.51. The van der Waals surface area contributed by atoms with Gasteiger partial charge in [0.2, 0.25) is 0 Å². The van der Waals surface area contributed by atoms with E-state index in [1.54, 1.807) is 0 Å². The molecule has 10 aromatic carbocycles. The van der Waals surface area contributed by atoms with E-state index in [-0.39, 0.29) is 10.8 Å². The van der Waals surface area contributed by atoms with E-state index in [1.807, 2.05) is 0 Å². The van der Waals surface area contributed by atoms with Crippen LogP contribution in [0, 0.1) is 0 Å². The van der Waals surface area contributed by atoms with E-state index in [9.17, 15) is 0 Å². The number of hydrogen-bond donors (Lipinski definition) is 0. The molecule has 0 aliphatic heterocycles. The van der Waals surface area contributed by atoms with Crippen LogP contribution in [0.4, 0.5) is 0 Å². The van der Waals surface area contributed by atoms with Crippen LogP contribution in [0.1, 0.15) is 49.9 Å². The number of halogens is 1. The molecule has 2 aromatic heterocycles. The number of aromatic nitrogens is 2. The number of benzene rings is 10. The second kappa shape index (κ2) is 15.7. The van der Waals surface area contributed by atoms with Crippen LogP contribution >= 0.6 is 15.9 Å². The Labute approximate surface area is 411 Å². The number of nitrogens with zero attached hydrogens (tertiary/aromatic N) is 2. The maximum Gasteiger partial charge on any atom is 0.0547 e. The number of rotatable bonds is 4. The van der Waals surface area contributed by atoms with Crippen molar-refractivity contribution in [2.75, 3.05) is 0 Å². The average Bonchev–Trinajstić information content (AvgIpc) is 4.05. The normalized spacial score (nSPS) is 13.8. The van der Waals surface area contributed by atoms with Gasteiger partial charge < -0.3 is 9.13 Å². The SMILES string of the molecule is CC1(C)c2ccccc2-c2ccc(-n3c4ccccc4c4ccc(-c5ccc6c(c5)c5ccccc5n6-c5ccc(-c6ccccc6)cc5)cc43)cc21.CC1(C)c2ccccc2-c2ccc(Br)cc21. The summed E-state index contributed by atoms with van der Waals surface area (Å²) >= 11 is 3.56. The molecule has 12 aromatic rings. The fourth-order valence-corrected chi connectivity index (χ4v) is 12.2. The third-order valence-corrected chi connectivity index (χ3v) is 15.8. The van der Waals surface area contributed by atoms with Crippen molar-refractivity contribution in [1.29, 1.82) is 0 Å². The monoisotopic (exact) mass is 948 g/mol. The largest absolute Gasteiger partial charge is 0.309 e. The van der Waals surface area contributed by atoms with E-state index in [0.717, 1.165) is 10.2 Å². The van der Waals surface area contributed by atoms with Gasteiger partial charge in [-0.1, -0.05) is 201 Å². The van der Waals surface area contributed by atoms with Crippen LogP contribution in [-0.4, -0.2) is 9.13 Å². The molecular weight excluding hydrogens is 901 g/mol. The van der Waals surface area contributed by atoms with Crippen molar-refractivity contribution in [3.63, 3.8) is 0 Å². The number of hydrogen-bond acceptors (Lipinski definition) is 0. The average molecular weight is 950 g/mol. The van der Waals surface area contributed by atoms with Crippen LogP contribution in [0.2, 0.25) is 0 Å². The highest BCUT2D eigenvalue weighted by molar-refractivity contribution is 9.10. The second-order valence-corrected chi connectivity index (χ2v) is 20.8. The Hall–Kier alpha value is -7.72. The Balaban J connectivity index is 0.000000247. The van der Waals surface area contributed by atoms with Gasteiger partial charge in [0.15, 0.2) is 0 Å². The fourth-order valence-electron chi connectivity index (χ4n) is 11.8. The summed E-state index contributed by atoms with van der Waals surface area (Å²) < 4.78 is 6.03. The standard InChI is InChI=1S/C51H36N2.C15H13Br/c1-51(2)45-17-9-6-14-39(45)40-28-26-38(32-46(40)51)53-47-18-10-7-15-41(47)43-27-22-36(31-50(43)53)35-23-29-49-44(30-35)42-16-8-11-19-48(42)52(49)37-24-20-34(21-25-37)33-12-4-3-5-13-33;1-15(2)13-6-4-3-5-11(13)12-8-7-10(16)9-14(12)15/h3-32H,1-2H3;3-9H,1-2H3. The van der Waals surface area contributed by atoms with Crippen molar-refractivity contribution < 1.29 is 0 Å². The van der Waals surface area contributed by atoms with Crippen LogP contribution in [0.25, 0.3) is 99.5 Å². The minimum Gasteiger partial charge on any atom is -0.309 e. The van der Waals surface area contributed by atoms with Gasteiger partial charge in [0.1, 0.15) is 0 Å². The molecule has 0 radical (unpaired) electrons. The van der Waals surface area contributed by atoms with Crippen LogP contribution in [-0.2, 0) is 10.8 Å². The van der Waals surface area contributed by atoms with E-state index in [2.05, 4.69) is 277 Å². The molecule has 0 atom stereocenters. The third-order valence-electron chi connectivity index (χ3n) is 15.3. The van der Waals surface area contributed by atoms with Gasteiger partial charge in [-0.3, -0.25) is 0 Å². The zero-order valence-corrected chi connectivity index (χ0v) is 40.7. The van der Waals surface area contributed by atoms with E-state index >= 15 is 0 Å². The first-order valence-corrected chi connectivity index (χ1v) is 24.8. The summed E-state index contributed by atoms with van der Waals surface area (Å²) in [6, 6.07) is 82.4. The minimum absolute atomic E-state index is 0.0651. The maximum atomic E-state index is 3.56. The molecule has 0 saturated carbocycles. The molecule has 0 unspecified atom stereocenters. The summed E-state index contributed by atoms with van der Waals surface area (Å²) in [6.07, 6.45) is 0. The van der Waals surface area contributed by atoms with Crippen LogP contribution in [0.15, 0.2) is 229 Å². The molecule has 2 aliphatic rings. The van der Waals surface area contributed by atoms with Crippen molar-refractivity contribution in [1.82, 2.24) is 9.13 Å². The lowest BCUT2D eigenvalue weighted by molar-refractivity contribution is 0.660. The molecule has 0 amide bonds. The molecule has 3 heteroatoms. The summed E-state index contributed by atoms with van der Waals surface area (Å²) in [5, 5.41) is 5.05. The Morgan fingerprint density at radius 2 is 0.739 bits per heavy atom. The molecule has 0 N–H and O–H groups in total. The molecule has 2 heterocycles. The molecule has 0 bridgehead atoms. The Morgan fingerprint density at radius 1 is 0.290 bits per heavy atom. The van der Waals surface area contributed by atoms with Gasteiger partial charge >= 0.3 is 0 Å². The second-order valence-electron chi connectivity index (χ2n) is 19.8. The van der Waals surface area contributed by atoms with Crippen molar-refractivity contribution in [2.45, 2.75) is 38.5 Å². The molecule has 0 saturated heterocycles. The van der Waals surface area contributed by atoms with Gasteiger partial charge in [0, 0.05) is 48.2 Å². The lowest BCUT2D eigenvalue weighted by atomic mass is 9.82. The summed E-state index contributed by atoms with van der Waals surface area (Å²) in [7, 11) is 0. The van der Waals surface area contributed by atoms with Gasteiger partial charge in [-0.05, 0) is 133 Å². The maximum absolute atomic E-state index is 3.56. The van der Waals surface area contributed by atoms with E-state index in [4.69, 9.17) is 0 Å². The van der Waals surface area contributed by atoms with Crippen LogP contribution in [0.5, 0.6) is 0 Å². The molecule has 2 nitrogen and oxygen atoms in total. The fraction of sp³-hybridized carbons (Fsp3) is 0.0909. The Bertz CT molecular complexity index is 4010. The lowest BCUT2D eigenvalue weighted by Gasteiger charge is -2.22. The first-order chi connectivity index (χ1) is 33.6. The predicted octanol–water partition coefficient (Wildman–Crippen LogP) is 18.3. The van der Waals surface area contributed by atoms with Gasteiger partial charge in [-0.15, -0.1) is 0 Å². The highest BCUT2D eigenvalue weighted by atomic mass is 79.9. The first-order valence-electron chi connectivity index (χ1n) is 24.0. The molecule has 2 aliphatic carbocycles. The molecule has 69 heavy (non-hydrogen) atoms. The predicted molar refractivity (Wildman–Crippen MR) is 295 cm³/mol. The summed E-state index contributed by atoms with van der Waals surface area (Å²) in [4.78, 5) is 0. The molecule has 0 fully saturated rings. The van der Waals surface area contributed by atoms with Gasteiger partial charge in [0.25, 0.3) is 0 Å². The summed E-state index contributed by atoms with van der Waals surface area (Å²) in [5.74, 6) is 0. The van der Waals surface area contributed by atoms with Crippen LogP contribution < -0.4 is 0 Å². The van der Waals surface area contributed by atoms with Crippen molar-refractivity contribution in [2.24, 2.45) is 0 Å². The Morgan fingerprint density at radius 3 is 1.42 bits per heavy atom.